The van der Waals surface area contributed by atoms with Crippen molar-refractivity contribution < 1.29 is 4.42 Å². The molecule has 1 aromatic heterocycles. The van der Waals surface area contributed by atoms with Crippen molar-refractivity contribution >= 4 is 11.0 Å². The van der Waals surface area contributed by atoms with Crippen LogP contribution >= 0.6 is 0 Å². The van der Waals surface area contributed by atoms with E-state index in [9.17, 15) is 0 Å². The Morgan fingerprint density at radius 1 is 1.29 bits per heavy atom. The highest BCUT2D eigenvalue weighted by Crippen LogP contribution is 2.47. The van der Waals surface area contributed by atoms with Crippen LogP contribution in [0.4, 0.5) is 0 Å². The lowest BCUT2D eigenvalue weighted by atomic mass is 9.63. The van der Waals surface area contributed by atoms with Gasteiger partial charge in [0.1, 0.15) is 11.3 Å². The van der Waals surface area contributed by atoms with Gasteiger partial charge in [0.2, 0.25) is 0 Å². The summed E-state index contributed by atoms with van der Waals surface area (Å²) < 4.78 is 5.90. The maximum absolute atomic E-state index is 5.90. The maximum atomic E-state index is 5.90. The Morgan fingerprint density at radius 3 is 2.71 bits per heavy atom. The summed E-state index contributed by atoms with van der Waals surface area (Å²) in [6, 6.07) is 8.40. The number of hydrogen-bond donors (Lipinski definition) is 1. The van der Waals surface area contributed by atoms with Crippen LogP contribution in [-0.4, -0.2) is 13.6 Å². The van der Waals surface area contributed by atoms with E-state index in [1.807, 2.05) is 13.1 Å². The lowest BCUT2D eigenvalue weighted by Gasteiger charge is -2.42. The molecular weight excluding hydrogens is 210 g/mol. The molecule has 1 saturated carbocycles. The van der Waals surface area contributed by atoms with Crippen LogP contribution in [0.25, 0.3) is 11.0 Å². The van der Waals surface area contributed by atoms with Gasteiger partial charge in [-0.3, -0.25) is 0 Å². The fourth-order valence-corrected chi connectivity index (χ4v) is 3.28. The molecule has 1 heterocycles. The normalized spacial score (nSPS) is 18.2. The van der Waals surface area contributed by atoms with Crippen molar-refractivity contribution in [2.75, 3.05) is 13.6 Å². The second-order valence-corrected chi connectivity index (χ2v) is 5.19. The third-order valence-electron chi connectivity index (χ3n) is 4.13. The van der Waals surface area contributed by atoms with Gasteiger partial charge in [0.25, 0.3) is 0 Å². The number of para-hydroxylation sites is 1. The second kappa shape index (κ2) is 3.88. The van der Waals surface area contributed by atoms with Crippen molar-refractivity contribution in [2.45, 2.75) is 31.6 Å². The van der Waals surface area contributed by atoms with E-state index >= 15 is 0 Å². The Kier molecular flexibility index (Phi) is 2.48. The van der Waals surface area contributed by atoms with Crippen molar-refractivity contribution in [1.82, 2.24) is 5.32 Å². The lowest BCUT2D eigenvalue weighted by Crippen LogP contribution is -2.43. The molecule has 1 aromatic carbocycles. The number of hydrogen-bond acceptors (Lipinski definition) is 2. The van der Waals surface area contributed by atoms with E-state index in [2.05, 4.69) is 30.4 Å². The van der Waals surface area contributed by atoms with Gasteiger partial charge in [0.15, 0.2) is 0 Å². The number of likely N-dealkylation sites (N-methyl/N-ethyl adjacent to an activating group) is 1. The monoisotopic (exact) mass is 229 g/mol. The molecule has 90 valence electrons. The number of aryl methyl sites for hydroxylation is 1. The molecule has 1 N–H and O–H groups in total. The average Bonchev–Trinajstić information content (AvgIpc) is 2.60. The van der Waals surface area contributed by atoms with Crippen molar-refractivity contribution in [3.63, 3.8) is 0 Å². The number of rotatable bonds is 3. The third kappa shape index (κ3) is 1.51. The quantitative estimate of drug-likeness (QED) is 0.872. The molecule has 0 bridgehead atoms. The van der Waals surface area contributed by atoms with Crippen LogP contribution in [0.2, 0.25) is 0 Å². The Balaban J connectivity index is 2.18. The minimum absolute atomic E-state index is 0.311. The van der Waals surface area contributed by atoms with Crippen LogP contribution in [0, 0.1) is 6.92 Å². The Hall–Kier alpha value is -1.28. The fraction of sp³-hybridized carbons (Fsp3) is 0.467. The molecule has 0 aliphatic heterocycles. The molecule has 0 radical (unpaired) electrons. The van der Waals surface area contributed by atoms with Crippen LogP contribution in [-0.2, 0) is 5.41 Å². The van der Waals surface area contributed by atoms with E-state index in [4.69, 9.17) is 4.42 Å². The van der Waals surface area contributed by atoms with E-state index in [1.165, 1.54) is 30.2 Å². The first-order chi connectivity index (χ1) is 8.27. The summed E-state index contributed by atoms with van der Waals surface area (Å²) in [7, 11) is 2.04. The topological polar surface area (TPSA) is 25.2 Å². The molecule has 0 unspecified atom stereocenters. The highest BCUT2D eigenvalue weighted by Gasteiger charge is 2.41. The van der Waals surface area contributed by atoms with Crippen LogP contribution in [0.1, 0.15) is 30.6 Å². The van der Waals surface area contributed by atoms with E-state index in [0.29, 0.717) is 5.41 Å². The van der Waals surface area contributed by atoms with Gasteiger partial charge >= 0.3 is 0 Å². The van der Waals surface area contributed by atoms with E-state index in [0.717, 1.165) is 17.9 Å². The summed E-state index contributed by atoms with van der Waals surface area (Å²) in [6.07, 6.45) is 3.89. The largest absolute Gasteiger partial charge is 0.461 e. The molecule has 17 heavy (non-hydrogen) atoms. The molecule has 0 atom stereocenters. The number of nitrogens with one attached hydrogen (secondary N) is 1. The molecule has 1 aliphatic carbocycles. The molecule has 1 fully saturated rings. The number of furan rings is 1. The van der Waals surface area contributed by atoms with Crippen LogP contribution in [0.15, 0.2) is 28.7 Å². The fourth-order valence-electron chi connectivity index (χ4n) is 3.28. The first kappa shape index (κ1) is 10.8. The van der Waals surface area contributed by atoms with Gasteiger partial charge in [0, 0.05) is 22.9 Å². The highest BCUT2D eigenvalue weighted by molar-refractivity contribution is 5.83. The average molecular weight is 229 g/mol. The van der Waals surface area contributed by atoms with Crippen LogP contribution < -0.4 is 5.32 Å². The van der Waals surface area contributed by atoms with Gasteiger partial charge in [0.05, 0.1) is 0 Å². The molecule has 0 spiro atoms. The zero-order chi connectivity index (χ0) is 11.9. The SMILES string of the molecule is CNCC1(c2c(C)oc3ccccc23)CCC1. The predicted molar refractivity (Wildman–Crippen MR) is 70.4 cm³/mol. The Labute approximate surface area is 102 Å². The van der Waals surface area contributed by atoms with Crippen molar-refractivity contribution in [3.05, 3.63) is 35.6 Å². The number of fused-ring (bicyclic) bond motifs is 1. The summed E-state index contributed by atoms with van der Waals surface area (Å²) in [5, 5.41) is 4.65. The van der Waals surface area contributed by atoms with E-state index in [1.54, 1.807) is 0 Å². The minimum atomic E-state index is 0.311. The molecule has 3 rings (SSSR count). The van der Waals surface area contributed by atoms with E-state index in [-0.39, 0.29) is 0 Å². The summed E-state index contributed by atoms with van der Waals surface area (Å²) in [5.74, 6) is 1.10. The summed E-state index contributed by atoms with van der Waals surface area (Å²) >= 11 is 0. The van der Waals surface area contributed by atoms with Crippen molar-refractivity contribution in [1.29, 1.82) is 0 Å². The highest BCUT2D eigenvalue weighted by atomic mass is 16.3. The second-order valence-electron chi connectivity index (χ2n) is 5.19. The lowest BCUT2D eigenvalue weighted by molar-refractivity contribution is 0.237. The predicted octanol–water partition coefficient (Wildman–Crippen LogP) is 3.38. The van der Waals surface area contributed by atoms with Crippen molar-refractivity contribution in [3.8, 4) is 0 Å². The van der Waals surface area contributed by atoms with Crippen LogP contribution in [0.3, 0.4) is 0 Å². The van der Waals surface area contributed by atoms with Gasteiger partial charge in [-0.15, -0.1) is 0 Å². The van der Waals surface area contributed by atoms with Crippen molar-refractivity contribution in [2.24, 2.45) is 0 Å². The molecule has 0 amide bonds. The Morgan fingerprint density at radius 2 is 2.06 bits per heavy atom. The van der Waals surface area contributed by atoms with Gasteiger partial charge in [-0.1, -0.05) is 24.6 Å². The minimum Gasteiger partial charge on any atom is -0.461 e. The molecule has 0 saturated heterocycles. The Bertz CT molecular complexity index is 537. The summed E-state index contributed by atoms with van der Waals surface area (Å²) in [6.45, 7) is 3.16. The first-order valence-corrected chi connectivity index (χ1v) is 6.40. The zero-order valence-corrected chi connectivity index (χ0v) is 10.5. The molecular formula is C15H19NO. The smallest absolute Gasteiger partial charge is 0.134 e. The van der Waals surface area contributed by atoms with Gasteiger partial charge in [-0.05, 0) is 32.9 Å². The molecule has 1 aliphatic rings. The number of benzene rings is 1. The molecule has 2 aromatic rings. The van der Waals surface area contributed by atoms with Gasteiger partial charge in [-0.25, -0.2) is 0 Å². The first-order valence-electron chi connectivity index (χ1n) is 6.40. The summed E-state index contributed by atoms with van der Waals surface area (Å²) in [5.41, 5.74) is 2.78. The maximum Gasteiger partial charge on any atom is 0.134 e. The van der Waals surface area contributed by atoms with Gasteiger partial charge in [-0.2, -0.15) is 0 Å². The van der Waals surface area contributed by atoms with Gasteiger partial charge < -0.3 is 9.73 Å². The summed E-state index contributed by atoms with van der Waals surface area (Å²) in [4.78, 5) is 0. The molecule has 2 heteroatoms. The van der Waals surface area contributed by atoms with E-state index < -0.39 is 0 Å². The zero-order valence-electron chi connectivity index (χ0n) is 10.5. The standard InChI is InChI=1S/C15H19NO/c1-11-14(15(10-16-2)8-5-9-15)12-6-3-4-7-13(12)17-11/h3-4,6-7,16H,5,8-10H2,1-2H3. The third-order valence-corrected chi connectivity index (χ3v) is 4.13. The molecule has 2 nitrogen and oxygen atoms in total. The van der Waals surface area contributed by atoms with Crippen LogP contribution in [0.5, 0.6) is 0 Å².